The summed E-state index contributed by atoms with van der Waals surface area (Å²) in [5.74, 6) is -1.24. The predicted molar refractivity (Wildman–Crippen MR) is 83.1 cm³/mol. The van der Waals surface area contributed by atoms with Crippen molar-refractivity contribution in [1.82, 2.24) is 0 Å². The van der Waals surface area contributed by atoms with Gasteiger partial charge in [0.05, 0.1) is 0 Å². The van der Waals surface area contributed by atoms with E-state index >= 15 is 0 Å². The maximum Gasteiger partial charge on any atom is 0.488 e. The second kappa shape index (κ2) is 6.38. The molecule has 0 saturated carbocycles. The third-order valence-corrected chi connectivity index (χ3v) is 3.79. The topological polar surface area (TPSA) is 69.6 Å². The first-order valence-corrected chi connectivity index (χ1v) is 6.90. The Morgan fingerprint density at radius 2 is 1.95 bits per heavy atom. The Kier molecular flexibility index (Phi) is 4.77. The van der Waals surface area contributed by atoms with Crippen LogP contribution in [0.1, 0.15) is 15.9 Å². The zero-order chi connectivity index (χ0) is 15.6. The molecule has 2 rings (SSSR count). The number of carbonyl (C=O) groups excluding carboxylic acids is 1. The molecular formula is C14H12BBrFNO3. The number of benzene rings is 2. The lowest BCUT2D eigenvalue weighted by Crippen LogP contribution is -2.31. The Hall–Kier alpha value is -1.70. The first kappa shape index (κ1) is 15.7. The molecule has 2 aromatic rings. The summed E-state index contributed by atoms with van der Waals surface area (Å²) in [6.07, 6.45) is 0. The Bertz CT molecular complexity index is 694. The molecule has 4 nitrogen and oxygen atoms in total. The van der Waals surface area contributed by atoms with Crippen LogP contribution < -0.4 is 10.8 Å². The first-order chi connectivity index (χ1) is 9.86. The van der Waals surface area contributed by atoms with Crippen molar-refractivity contribution in [3.05, 3.63) is 57.8 Å². The van der Waals surface area contributed by atoms with E-state index in [4.69, 9.17) is 10.0 Å². The molecule has 0 aliphatic carbocycles. The van der Waals surface area contributed by atoms with Crippen LogP contribution in [0.3, 0.4) is 0 Å². The van der Waals surface area contributed by atoms with Crippen LogP contribution in [0, 0.1) is 12.7 Å². The summed E-state index contributed by atoms with van der Waals surface area (Å²) in [5, 5.41) is 20.8. The summed E-state index contributed by atoms with van der Waals surface area (Å²) < 4.78 is 14.3. The zero-order valence-corrected chi connectivity index (χ0v) is 12.7. The van der Waals surface area contributed by atoms with Gasteiger partial charge in [-0.25, -0.2) is 4.39 Å². The van der Waals surface area contributed by atoms with Crippen molar-refractivity contribution in [2.45, 2.75) is 6.92 Å². The van der Waals surface area contributed by atoms with Crippen LogP contribution in [0.2, 0.25) is 0 Å². The van der Waals surface area contributed by atoms with E-state index < -0.39 is 18.8 Å². The highest BCUT2D eigenvalue weighted by atomic mass is 79.9. The second-order valence-electron chi connectivity index (χ2n) is 4.56. The van der Waals surface area contributed by atoms with E-state index in [9.17, 15) is 9.18 Å². The van der Waals surface area contributed by atoms with Gasteiger partial charge < -0.3 is 15.4 Å². The van der Waals surface area contributed by atoms with Crippen molar-refractivity contribution in [1.29, 1.82) is 0 Å². The average molecular weight is 352 g/mol. The number of anilines is 1. The van der Waals surface area contributed by atoms with Crippen molar-refractivity contribution in [3.8, 4) is 0 Å². The third-order valence-electron chi connectivity index (χ3n) is 2.90. The molecule has 3 N–H and O–H groups in total. The number of nitrogens with one attached hydrogen (secondary N) is 1. The van der Waals surface area contributed by atoms with Gasteiger partial charge in [0.15, 0.2) is 0 Å². The fourth-order valence-corrected chi connectivity index (χ4v) is 2.06. The summed E-state index contributed by atoms with van der Waals surface area (Å²) in [5.41, 5.74) is 1.44. The van der Waals surface area contributed by atoms with Crippen LogP contribution in [0.5, 0.6) is 0 Å². The molecule has 0 atom stereocenters. The Morgan fingerprint density at radius 1 is 1.24 bits per heavy atom. The van der Waals surface area contributed by atoms with Crippen molar-refractivity contribution >= 4 is 40.1 Å². The van der Waals surface area contributed by atoms with Crippen molar-refractivity contribution < 1.29 is 19.2 Å². The Morgan fingerprint density at radius 3 is 2.57 bits per heavy atom. The third kappa shape index (κ3) is 3.90. The Balaban J connectivity index is 2.25. The van der Waals surface area contributed by atoms with E-state index in [-0.39, 0.29) is 11.0 Å². The SMILES string of the molecule is Cc1cc(NC(=O)c2cc(F)cc(B(O)O)c2)ccc1Br. The number of hydrogen-bond acceptors (Lipinski definition) is 3. The standard InChI is InChI=1S/C14H12BBrFNO3/c1-8-4-12(2-3-13(8)16)18-14(19)9-5-10(15(20)21)7-11(17)6-9/h2-7,20-21H,1H3,(H,18,19). The molecule has 0 saturated heterocycles. The van der Waals surface area contributed by atoms with E-state index in [1.54, 1.807) is 18.2 Å². The number of rotatable bonds is 3. The number of hydrogen-bond donors (Lipinski definition) is 3. The fraction of sp³-hybridized carbons (Fsp3) is 0.0714. The maximum atomic E-state index is 13.4. The summed E-state index contributed by atoms with van der Waals surface area (Å²) in [6.45, 7) is 1.88. The molecule has 0 aliphatic heterocycles. The summed E-state index contributed by atoms with van der Waals surface area (Å²) in [7, 11) is -1.83. The molecule has 0 fully saturated rings. The molecule has 0 aliphatic rings. The van der Waals surface area contributed by atoms with Crippen LogP contribution in [0.15, 0.2) is 40.9 Å². The van der Waals surface area contributed by atoms with Gasteiger partial charge in [0, 0.05) is 15.7 Å². The van der Waals surface area contributed by atoms with E-state index in [1.165, 1.54) is 6.07 Å². The smallest absolute Gasteiger partial charge is 0.423 e. The molecule has 0 unspecified atom stereocenters. The van der Waals surface area contributed by atoms with Crippen molar-refractivity contribution in [2.24, 2.45) is 0 Å². The van der Waals surface area contributed by atoms with Crippen molar-refractivity contribution in [2.75, 3.05) is 5.32 Å². The quantitative estimate of drug-likeness (QED) is 0.739. The van der Waals surface area contributed by atoms with Gasteiger partial charge in [-0.05, 0) is 54.3 Å². The predicted octanol–water partition coefficient (Wildman–Crippen LogP) is 1.83. The normalized spacial score (nSPS) is 10.3. The number of carbonyl (C=O) groups is 1. The lowest BCUT2D eigenvalue weighted by molar-refractivity contribution is 0.102. The van der Waals surface area contributed by atoms with Gasteiger partial charge in [0.2, 0.25) is 0 Å². The molecule has 0 aromatic heterocycles. The van der Waals surface area contributed by atoms with Gasteiger partial charge in [-0.3, -0.25) is 4.79 Å². The van der Waals surface area contributed by atoms with E-state index in [1.807, 2.05) is 6.92 Å². The van der Waals surface area contributed by atoms with Crippen LogP contribution in [0.25, 0.3) is 0 Å². The van der Waals surface area contributed by atoms with Crippen LogP contribution >= 0.6 is 15.9 Å². The largest absolute Gasteiger partial charge is 0.488 e. The van der Waals surface area contributed by atoms with Gasteiger partial charge in [-0.1, -0.05) is 15.9 Å². The molecule has 0 heterocycles. The molecule has 108 valence electrons. The molecule has 21 heavy (non-hydrogen) atoms. The van der Waals surface area contributed by atoms with E-state index in [2.05, 4.69) is 21.2 Å². The molecule has 2 aromatic carbocycles. The molecule has 7 heteroatoms. The minimum Gasteiger partial charge on any atom is -0.423 e. The molecule has 0 bridgehead atoms. The molecular weight excluding hydrogens is 340 g/mol. The number of amides is 1. The zero-order valence-electron chi connectivity index (χ0n) is 11.1. The van der Waals surface area contributed by atoms with Gasteiger partial charge in [0.25, 0.3) is 5.91 Å². The lowest BCUT2D eigenvalue weighted by Gasteiger charge is -2.09. The Labute approximate surface area is 129 Å². The van der Waals surface area contributed by atoms with Crippen molar-refractivity contribution in [3.63, 3.8) is 0 Å². The van der Waals surface area contributed by atoms with Crippen LogP contribution in [0.4, 0.5) is 10.1 Å². The lowest BCUT2D eigenvalue weighted by atomic mass is 9.79. The van der Waals surface area contributed by atoms with Gasteiger partial charge >= 0.3 is 7.12 Å². The monoisotopic (exact) mass is 351 g/mol. The van der Waals surface area contributed by atoms with Crippen LogP contribution in [-0.2, 0) is 0 Å². The minimum atomic E-state index is -1.83. The van der Waals surface area contributed by atoms with Gasteiger partial charge in [-0.2, -0.15) is 0 Å². The van der Waals surface area contributed by atoms with E-state index in [0.29, 0.717) is 5.69 Å². The molecule has 0 radical (unpaired) electrons. The second-order valence-corrected chi connectivity index (χ2v) is 5.42. The summed E-state index contributed by atoms with van der Waals surface area (Å²) in [6, 6.07) is 8.49. The fourth-order valence-electron chi connectivity index (χ4n) is 1.82. The summed E-state index contributed by atoms with van der Waals surface area (Å²) >= 11 is 3.36. The average Bonchev–Trinajstić information content (AvgIpc) is 2.42. The summed E-state index contributed by atoms with van der Waals surface area (Å²) in [4.78, 5) is 12.1. The molecule has 0 spiro atoms. The van der Waals surface area contributed by atoms with Crippen LogP contribution in [-0.4, -0.2) is 23.1 Å². The number of aryl methyl sites for hydroxylation is 1. The minimum absolute atomic E-state index is 0.0127. The van der Waals surface area contributed by atoms with Gasteiger partial charge in [0.1, 0.15) is 5.82 Å². The van der Waals surface area contributed by atoms with Gasteiger partial charge in [-0.15, -0.1) is 0 Å². The highest BCUT2D eigenvalue weighted by Gasteiger charge is 2.16. The van der Waals surface area contributed by atoms with E-state index in [0.717, 1.165) is 22.2 Å². The molecule has 1 amide bonds. The maximum absolute atomic E-state index is 13.4. The number of halogens is 2. The first-order valence-electron chi connectivity index (χ1n) is 6.11. The highest BCUT2D eigenvalue weighted by molar-refractivity contribution is 9.10. The highest BCUT2D eigenvalue weighted by Crippen LogP contribution is 2.20.